The summed E-state index contributed by atoms with van der Waals surface area (Å²) in [5, 5.41) is 0. The molecule has 0 aliphatic carbocycles. The highest BCUT2D eigenvalue weighted by Crippen LogP contribution is 2.24. The Morgan fingerprint density at radius 2 is 1.33 bits per heavy atom. The molecule has 2 aromatic rings. The van der Waals surface area contributed by atoms with Gasteiger partial charge in [-0.2, -0.15) is 0 Å². The van der Waals surface area contributed by atoms with Crippen molar-refractivity contribution in [3.8, 4) is 0 Å². The van der Waals surface area contributed by atoms with Crippen molar-refractivity contribution < 1.29 is 0 Å². The Bertz CT molecular complexity index is 526. The third-order valence-electron chi connectivity index (χ3n) is 2.94. The highest BCUT2D eigenvalue weighted by molar-refractivity contribution is 5.69. The maximum absolute atomic E-state index is 4.65. The average molecular weight is 243 g/mol. The van der Waals surface area contributed by atoms with Crippen molar-refractivity contribution >= 4 is 11.2 Å². The molecule has 0 aliphatic heterocycles. The number of hydrogen-bond acceptors (Lipinski definition) is 3. The molecular formula is C15H21N3. The number of hydrogen-bond donors (Lipinski definition) is 0. The molecule has 0 saturated heterocycles. The van der Waals surface area contributed by atoms with Crippen molar-refractivity contribution in [2.45, 2.75) is 52.4 Å². The van der Waals surface area contributed by atoms with Gasteiger partial charge < -0.3 is 0 Å². The minimum Gasteiger partial charge on any atom is -0.251 e. The van der Waals surface area contributed by atoms with Gasteiger partial charge in [-0.05, 0) is 12.1 Å². The van der Waals surface area contributed by atoms with E-state index in [-0.39, 0.29) is 10.8 Å². The summed E-state index contributed by atoms with van der Waals surface area (Å²) < 4.78 is 0. The smallest absolute Gasteiger partial charge is 0.178 e. The standard InChI is InChI=1S/C15H21N3/c1-14(2,3)11-8-7-10-13(17-11)18-12(9-16-10)15(4,5)6/h7-9H,1-6H3. The molecule has 2 rings (SSSR count). The van der Waals surface area contributed by atoms with Gasteiger partial charge >= 0.3 is 0 Å². The zero-order valence-corrected chi connectivity index (χ0v) is 12.1. The first-order chi connectivity index (χ1) is 8.18. The number of fused-ring (bicyclic) bond motifs is 1. The summed E-state index contributed by atoms with van der Waals surface area (Å²) in [6.45, 7) is 12.9. The second-order valence-electron chi connectivity index (χ2n) is 6.79. The highest BCUT2D eigenvalue weighted by Gasteiger charge is 2.19. The van der Waals surface area contributed by atoms with Gasteiger partial charge in [0, 0.05) is 22.7 Å². The first-order valence-electron chi connectivity index (χ1n) is 6.33. The average Bonchev–Trinajstić information content (AvgIpc) is 2.25. The van der Waals surface area contributed by atoms with Gasteiger partial charge in [0.05, 0.1) is 5.69 Å². The van der Waals surface area contributed by atoms with E-state index in [2.05, 4.69) is 56.5 Å². The molecule has 2 heterocycles. The maximum Gasteiger partial charge on any atom is 0.178 e. The van der Waals surface area contributed by atoms with E-state index in [0.717, 1.165) is 22.6 Å². The van der Waals surface area contributed by atoms with Crippen LogP contribution in [-0.4, -0.2) is 15.0 Å². The topological polar surface area (TPSA) is 38.7 Å². The normalized spacial score (nSPS) is 13.0. The molecule has 2 aromatic heterocycles. The van der Waals surface area contributed by atoms with E-state index in [1.54, 1.807) is 0 Å². The molecule has 0 spiro atoms. The largest absolute Gasteiger partial charge is 0.251 e. The molecular weight excluding hydrogens is 222 g/mol. The number of rotatable bonds is 0. The van der Waals surface area contributed by atoms with E-state index in [0.29, 0.717) is 0 Å². The van der Waals surface area contributed by atoms with Crippen molar-refractivity contribution in [3.05, 3.63) is 29.7 Å². The monoisotopic (exact) mass is 243 g/mol. The van der Waals surface area contributed by atoms with Gasteiger partial charge in [-0.1, -0.05) is 41.5 Å². The summed E-state index contributed by atoms with van der Waals surface area (Å²) in [7, 11) is 0. The third kappa shape index (κ3) is 2.50. The number of pyridine rings is 1. The van der Waals surface area contributed by atoms with Crippen LogP contribution in [0.15, 0.2) is 18.3 Å². The summed E-state index contributed by atoms with van der Waals surface area (Å²) in [4.78, 5) is 13.7. The number of aromatic nitrogens is 3. The molecule has 0 N–H and O–H groups in total. The summed E-state index contributed by atoms with van der Waals surface area (Å²) in [6.07, 6.45) is 1.85. The zero-order chi connectivity index (χ0) is 13.6. The lowest BCUT2D eigenvalue weighted by Gasteiger charge is -2.19. The molecule has 0 saturated carbocycles. The molecule has 0 fully saturated rings. The Kier molecular flexibility index (Phi) is 2.88. The van der Waals surface area contributed by atoms with Crippen LogP contribution in [0.25, 0.3) is 11.2 Å². The van der Waals surface area contributed by atoms with Gasteiger partial charge in [0.2, 0.25) is 0 Å². The van der Waals surface area contributed by atoms with Crippen molar-refractivity contribution in [2.24, 2.45) is 0 Å². The first-order valence-corrected chi connectivity index (χ1v) is 6.33. The van der Waals surface area contributed by atoms with Crippen LogP contribution in [0, 0.1) is 0 Å². The Morgan fingerprint density at radius 3 is 1.89 bits per heavy atom. The fourth-order valence-corrected chi connectivity index (χ4v) is 1.68. The lowest BCUT2D eigenvalue weighted by atomic mass is 9.91. The highest BCUT2D eigenvalue weighted by atomic mass is 14.9. The van der Waals surface area contributed by atoms with E-state index in [9.17, 15) is 0 Å². The summed E-state index contributed by atoms with van der Waals surface area (Å²) in [5.74, 6) is 0. The van der Waals surface area contributed by atoms with Crippen LogP contribution in [0.4, 0.5) is 0 Å². The van der Waals surface area contributed by atoms with Gasteiger partial charge in [-0.3, -0.25) is 4.98 Å². The Hall–Kier alpha value is -1.51. The number of nitrogens with zero attached hydrogens (tertiary/aromatic N) is 3. The van der Waals surface area contributed by atoms with Crippen molar-refractivity contribution in [1.29, 1.82) is 0 Å². The van der Waals surface area contributed by atoms with Crippen molar-refractivity contribution in [2.75, 3.05) is 0 Å². The van der Waals surface area contributed by atoms with Crippen LogP contribution in [0.2, 0.25) is 0 Å². The van der Waals surface area contributed by atoms with E-state index in [1.807, 2.05) is 18.3 Å². The van der Waals surface area contributed by atoms with Crippen LogP contribution >= 0.6 is 0 Å². The molecule has 0 radical (unpaired) electrons. The van der Waals surface area contributed by atoms with E-state index in [1.165, 1.54) is 0 Å². The van der Waals surface area contributed by atoms with Gasteiger partial charge in [-0.15, -0.1) is 0 Å². The lowest BCUT2D eigenvalue weighted by molar-refractivity contribution is 0.562. The molecule has 96 valence electrons. The van der Waals surface area contributed by atoms with Crippen molar-refractivity contribution in [3.63, 3.8) is 0 Å². The van der Waals surface area contributed by atoms with Crippen LogP contribution in [-0.2, 0) is 10.8 Å². The van der Waals surface area contributed by atoms with Crippen LogP contribution in [0.5, 0.6) is 0 Å². The SMILES string of the molecule is CC(C)(C)c1ccc2ncc(C(C)(C)C)nc2n1. The maximum atomic E-state index is 4.65. The quantitative estimate of drug-likeness (QED) is 0.709. The molecule has 3 nitrogen and oxygen atoms in total. The second kappa shape index (κ2) is 4.01. The Labute approximate surface area is 109 Å². The fraction of sp³-hybridized carbons (Fsp3) is 0.533. The summed E-state index contributed by atoms with van der Waals surface area (Å²) in [6, 6.07) is 4.04. The first kappa shape index (κ1) is 12.9. The molecule has 0 amide bonds. The van der Waals surface area contributed by atoms with Crippen LogP contribution in [0.3, 0.4) is 0 Å². The second-order valence-corrected chi connectivity index (χ2v) is 6.79. The fourth-order valence-electron chi connectivity index (χ4n) is 1.68. The van der Waals surface area contributed by atoms with Gasteiger partial charge in [-0.25, -0.2) is 9.97 Å². The summed E-state index contributed by atoms with van der Waals surface area (Å²) >= 11 is 0. The Balaban J connectivity index is 2.61. The van der Waals surface area contributed by atoms with Gasteiger partial charge in [0.1, 0.15) is 5.52 Å². The molecule has 0 bridgehead atoms. The third-order valence-corrected chi connectivity index (χ3v) is 2.94. The van der Waals surface area contributed by atoms with Crippen LogP contribution < -0.4 is 0 Å². The molecule has 0 aromatic carbocycles. The van der Waals surface area contributed by atoms with Crippen LogP contribution in [0.1, 0.15) is 52.9 Å². The van der Waals surface area contributed by atoms with E-state index in [4.69, 9.17) is 0 Å². The minimum absolute atomic E-state index is 0.000602. The summed E-state index contributed by atoms with van der Waals surface area (Å²) in [5.41, 5.74) is 3.67. The van der Waals surface area contributed by atoms with E-state index >= 15 is 0 Å². The molecule has 0 atom stereocenters. The van der Waals surface area contributed by atoms with Crippen molar-refractivity contribution in [1.82, 2.24) is 15.0 Å². The molecule has 3 heteroatoms. The molecule has 0 aliphatic rings. The Morgan fingerprint density at radius 1 is 0.778 bits per heavy atom. The van der Waals surface area contributed by atoms with Gasteiger partial charge in [0.15, 0.2) is 5.65 Å². The van der Waals surface area contributed by atoms with Gasteiger partial charge in [0.25, 0.3) is 0 Å². The zero-order valence-electron chi connectivity index (χ0n) is 12.1. The molecule has 18 heavy (non-hydrogen) atoms. The predicted octanol–water partition coefficient (Wildman–Crippen LogP) is 3.62. The van der Waals surface area contributed by atoms with E-state index < -0.39 is 0 Å². The predicted molar refractivity (Wildman–Crippen MR) is 74.7 cm³/mol. The molecule has 0 unspecified atom stereocenters. The minimum atomic E-state index is 0.000602. The lowest BCUT2D eigenvalue weighted by Crippen LogP contribution is -2.16.